The van der Waals surface area contributed by atoms with E-state index in [1.54, 1.807) is 0 Å². The maximum Gasteiger partial charge on any atom is 0.114 e. The fraction of sp³-hybridized carbons (Fsp3) is 0.467. The van der Waals surface area contributed by atoms with Crippen molar-refractivity contribution in [3.05, 3.63) is 35.7 Å². The molecule has 1 saturated heterocycles. The highest BCUT2D eigenvalue weighted by Gasteiger charge is 2.23. The third kappa shape index (κ3) is 2.28. The topological polar surface area (TPSA) is 42.7 Å². The van der Waals surface area contributed by atoms with E-state index in [0.717, 1.165) is 24.5 Å². The summed E-state index contributed by atoms with van der Waals surface area (Å²) in [6.07, 6.45) is 4.31. The molecule has 0 spiro atoms. The molecule has 100 valence electrons. The Balaban J connectivity index is 2.00. The fourth-order valence-electron chi connectivity index (χ4n) is 3.04. The van der Waals surface area contributed by atoms with Gasteiger partial charge in [-0.1, -0.05) is 6.07 Å². The number of nitrogens with one attached hydrogen (secondary N) is 1. The predicted molar refractivity (Wildman–Crippen MR) is 76.0 cm³/mol. The van der Waals surface area contributed by atoms with Crippen LogP contribution in [0.5, 0.6) is 0 Å². The van der Waals surface area contributed by atoms with Crippen LogP contribution in [0.3, 0.4) is 0 Å². The maximum absolute atomic E-state index is 4.68. The average molecular weight is 256 g/mol. The molecule has 0 radical (unpaired) electrons. The zero-order valence-electron chi connectivity index (χ0n) is 11.6. The third-order valence-corrected chi connectivity index (χ3v) is 3.93. The van der Waals surface area contributed by atoms with Crippen molar-refractivity contribution in [2.24, 2.45) is 7.05 Å². The van der Waals surface area contributed by atoms with Gasteiger partial charge in [0.25, 0.3) is 0 Å². The molecule has 19 heavy (non-hydrogen) atoms. The second kappa shape index (κ2) is 5.13. The first-order valence-electron chi connectivity index (χ1n) is 6.93. The van der Waals surface area contributed by atoms with Crippen LogP contribution in [0.2, 0.25) is 0 Å². The standard InChI is InChI=1S/C15H20N4/c1-11-14(13-7-3-4-9-17-13)18-19(2)15(11)12-6-5-8-16-10-12/h3-4,7,9,12,16H,5-6,8,10H2,1-2H3. The summed E-state index contributed by atoms with van der Waals surface area (Å²) >= 11 is 0. The molecule has 1 aliphatic heterocycles. The first-order valence-corrected chi connectivity index (χ1v) is 6.93. The van der Waals surface area contributed by atoms with E-state index in [0.29, 0.717) is 5.92 Å². The summed E-state index contributed by atoms with van der Waals surface area (Å²) in [5.74, 6) is 0.573. The zero-order chi connectivity index (χ0) is 13.2. The largest absolute Gasteiger partial charge is 0.316 e. The van der Waals surface area contributed by atoms with Crippen LogP contribution < -0.4 is 5.32 Å². The van der Waals surface area contributed by atoms with E-state index in [2.05, 4.69) is 22.3 Å². The van der Waals surface area contributed by atoms with Crippen LogP contribution in [0.4, 0.5) is 0 Å². The number of piperidine rings is 1. The van der Waals surface area contributed by atoms with E-state index < -0.39 is 0 Å². The summed E-state index contributed by atoms with van der Waals surface area (Å²) in [5, 5.41) is 8.16. The minimum Gasteiger partial charge on any atom is -0.316 e. The highest BCUT2D eigenvalue weighted by Crippen LogP contribution is 2.30. The number of aryl methyl sites for hydroxylation is 1. The summed E-state index contributed by atoms with van der Waals surface area (Å²) in [6.45, 7) is 4.36. The first kappa shape index (κ1) is 12.4. The molecule has 1 atom stereocenters. The fourth-order valence-corrected chi connectivity index (χ4v) is 3.04. The van der Waals surface area contributed by atoms with Crippen molar-refractivity contribution >= 4 is 0 Å². The van der Waals surface area contributed by atoms with Gasteiger partial charge in [0.2, 0.25) is 0 Å². The van der Waals surface area contributed by atoms with Gasteiger partial charge < -0.3 is 5.32 Å². The van der Waals surface area contributed by atoms with E-state index >= 15 is 0 Å². The van der Waals surface area contributed by atoms with Gasteiger partial charge in [0.05, 0.1) is 5.69 Å². The lowest BCUT2D eigenvalue weighted by atomic mass is 9.93. The van der Waals surface area contributed by atoms with E-state index in [9.17, 15) is 0 Å². The molecule has 1 aliphatic rings. The molecule has 4 nitrogen and oxygen atoms in total. The molecule has 0 saturated carbocycles. The Kier molecular flexibility index (Phi) is 3.34. The number of nitrogens with zero attached hydrogens (tertiary/aromatic N) is 3. The van der Waals surface area contributed by atoms with Crippen molar-refractivity contribution in [3.8, 4) is 11.4 Å². The van der Waals surface area contributed by atoms with E-state index in [-0.39, 0.29) is 0 Å². The van der Waals surface area contributed by atoms with Crippen LogP contribution in [-0.4, -0.2) is 27.9 Å². The second-order valence-corrected chi connectivity index (χ2v) is 5.24. The predicted octanol–water partition coefficient (Wildman–Crippen LogP) is 2.26. The molecule has 0 bridgehead atoms. The first-order chi connectivity index (χ1) is 9.27. The summed E-state index contributed by atoms with van der Waals surface area (Å²) in [5.41, 5.74) is 4.61. The summed E-state index contributed by atoms with van der Waals surface area (Å²) in [7, 11) is 2.05. The van der Waals surface area contributed by atoms with E-state index in [1.807, 2.05) is 36.1 Å². The Morgan fingerprint density at radius 3 is 2.95 bits per heavy atom. The average Bonchev–Trinajstić information content (AvgIpc) is 2.76. The Hall–Kier alpha value is -1.68. The Bertz CT molecular complexity index is 553. The third-order valence-electron chi connectivity index (χ3n) is 3.93. The molecule has 1 unspecified atom stereocenters. The molecule has 4 heteroatoms. The minimum atomic E-state index is 0.573. The molecule has 1 fully saturated rings. The van der Waals surface area contributed by atoms with Crippen molar-refractivity contribution in [2.45, 2.75) is 25.7 Å². The number of hydrogen-bond acceptors (Lipinski definition) is 3. The van der Waals surface area contributed by atoms with Gasteiger partial charge in [-0.25, -0.2) is 0 Å². The SMILES string of the molecule is Cc1c(-c2ccccn2)nn(C)c1C1CCCNC1. The highest BCUT2D eigenvalue weighted by molar-refractivity contribution is 5.59. The molecular weight excluding hydrogens is 236 g/mol. The lowest BCUT2D eigenvalue weighted by Crippen LogP contribution is -2.29. The van der Waals surface area contributed by atoms with Crippen LogP contribution in [0, 0.1) is 6.92 Å². The molecule has 2 aromatic heterocycles. The van der Waals surface area contributed by atoms with Crippen LogP contribution in [0.25, 0.3) is 11.4 Å². The number of pyridine rings is 1. The second-order valence-electron chi connectivity index (χ2n) is 5.24. The summed E-state index contributed by atoms with van der Waals surface area (Å²) in [4.78, 5) is 4.42. The van der Waals surface area contributed by atoms with Crippen LogP contribution in [-0.2, 0) is 7.05 Å². The molecule has 3 rings (SSSR count). The Morgan fingerprint density at radius 2 is 2.26 bits per heavy atom. The maximum atomic E-state index is 4.68. The lowest BCUT2D eigenvalue weighted by Gasteiger charge is -2.23. The van der Waals surface area contributed by atoms with E-state index in [1.165, 1.54) is 24.1 Å². The van der Waals surface area contributed by atoms with Crippen molar-refractivity contribution < 1.29 is 0 Å². The van der Waals surface area contributed by atoms with Gasteiger partial charge in [0.15, 0.2) is 0 Å². The van der Waals surface area contributed by atoms with Crippen molar-refractivity contribution in [1.29, 1.82) is 0 Å². The number of hydrogen-bond donors (Lipinski definition) is 1. The van der Waals surface area contributed by atoms with Crippen LogP contribution >= 0.6 is 0 Å². The van der Waals surface area contributed by atoms with Crippen LogP contribution in [0.15, 0.2) is 24.4 Å². The van der Waals surface area contributed by atoms with Crippen molar-refractivity contribution in [2.75, 3.05) is 13.1 Å². The van der Waals surface area contributed by atoms with Gasteiger partial charge in [0, 0.05) is 37.0 Å². The normalized spacial score (nSPS) is 19.6. The number of rotatable bonds is 2. The highest BCUT2D eigenvalue weighted by atomic mass is 15.3. The smallest absolute Gasteiger partial charge is 0.114 e. The van der Waals surface area contributed by atoms with Gasteiger partial charge >= 0.3 is 0 Å². The van der Waals surface area contributed by atoms with Gasteiger partial charge in [-0.2, -0.15) is 5.10 Å². The van der Waals surface area contributed by atoms with Gasteiger partial charge in [0.1, 0.15) is 5.69 Å². The molecule has 0 aromatic carbocycles. The zero-order valence-corrected chi connectivity index (χ0v) is 11.6. The number of aromatic nitrogens is 3. The lowest BCUT2D eigenvalue weighted by molar-refractivity contribution is 0.440. The summed E-state index contributed by atoms with van der Waals surface area (Å²) in [6, 6.07) is 5.98. The molecule has 0 aliphatic carbocycles. The van der Waals surface area contributed by atoms with Crippen molar-refractivity contribution in [1.82, 2.24) is 20.1 Å². The van der Waals surface area contributed by atoms with Crippen molar-refractivity contribution in [3.63, 3.8) is 0 Å². The molecular formula is C15H20N4. The van der Waals surface area contributed by atoms with Crippen LogP contribution in [0.1, 0.15) is 30.0 Å². The van der Waals surface area contributed by atoms with Gasteiger partial charge in [-0.3, -0.25) is 9.67 Å². The Morgan fingerprint density at radius 1 is 1.37 bits per heavy atom. The molecule has 3 heterocycles. The molecule has 2 aromatic rings. The Labute approximate surface area is 113 Å². The molecule has 1 N–H and O–H groups in total. The van der Waals surface area contributed by atoms with E-state index in [4.69, 9.17) is 0 Å². The summed E-state index contributed by atoms with van der Waals surface area (Å²) < 4.78 is 2.04. The minimum absolute atomic E-state index is 0.573. The quantitative estimate of drug-likeness (QED) is 0.896. The van der Waals surface area contributed by atoms with Gasteiger partial charge in [-0.05, 0) is 38.4 Å². The monoisotopic (exact) mass is 256 g/mol. The van der Waals surface area contributed by atoms with Gasteiger partial charge in [-0.15, -0.1) is 0 Å². The molecule has 0 amide bonds.